The first-order valence-corrected chi connectivity index (χ1v) is 10.7. The van der Waals surface area contributed by atoms with Gasteiger partial charge in [-0.2, -0.15) is 18.3 Å². The maximum atomic E-state index is 13.0. The standard InChI is InChI=1S/C25H23F3N6O/c1-16-22(19-10-20(13-29-11-19)25(26,27)28)14-34(32-16)15-24(35)31-23-9-6-18(12-30-23)17-4-7-21(8-5-17)33(2)3/h4-14H,15H2,1-3H3,(H,30,31,35). The molecule has 0 radical (unpaired) electrons. The van der Waals surface area contributed by atoms with Crippen molar-refractivity contribution in [1.29, 1.82) is 0 Å². The highest BCUT2D eigenvalue weighted by molar-refractivity contribution is 5.89. The number of amides is 1. The van der Waals surface area contributed by atoms with E-state index in [1.165, 1.54) is 17.1 Å². The second-order valence-electron chi connectivity index (χ2n) is 8.21. The number of aromatic nitrogens is 4. The third kappa shape index (κ3) is 5.65. The largest absolute Gasteiger partial charge is 0.417 e. The van der Waals surface area contributed by atoms with Crippen molar-refractivity contribution in [3.63, 3.8) is 0 Å². The van der Waals surface area contributed by atoms with E-state index in [1.807, 2.05) is 49.3 Å². The van der Waals surface area contributed by atoms with Crippen molar-refractivity contribution in [1.82, 2.24) is 19.7 Å². The SMILES string of the molecule is Cc1nn(CC(=O)Nc2ccc(-c3ccc(N(C)C)cc3)cn2)cc1-c1cncc(C(F)(F)F)c1. The van der Waals surface area contributed by atoms with Gasteiger partial charge in [0.1, 0.15) is 12.4 Å². The van der Waals surface area contributed by atoms with Crippen LogP contribution in [0.5, 0.6) is 0 Å². The molecule has 4 rings (SSSR count). The topological polar surface area (TPSA) is 75.9 Å². The van der Waals surface area contributed by atoms with E-state index in [0.29, 0.717) is 17.1 Å². The number of nitrogens with one attached hydrogen (secondary N) is 1. The fourth-order valence-electron chi connectivity index (χ4n) is 3.54. The third-order valence-corrected chi connectivity index (χ3v) is 5.38. The molecule has 7 nitrogen and oxygen atoms in total. The summed E-state index contributed by atoms with van der Waals surface area (Å²) in [5.41, 5.74) is 3.40. The number of benzene rings is 1. The van der Waals surface area contributed by atoms with Gasteiger partial charge in [0, 0.05) is 61.3 Å². The Bertz CT molecular complexity index is 1330. The minimum atomic E-state index is -4.50. The van der Waals surface area contributed by atoms with Crippen LogP contribution in [-0.4, -0.2) is 39.8 Å². The number of carbonyl (C=O) groups is 1. The van der Waals surface area contributed by atoms with Crippen LogP contribution in [-0.2, 0) is 17.5 Å². The normalized spacial score (nSPS) is 11.4. The monoisotopic (exact) mass is 480 g/mol. The summed E-state index contributed by atoms with van der Waals surface area (Å²) in [6.07, 6.45) is 0.819. The van der Waals surface area contributed by atoms with Gasteiger partial charge in [-0.3, -0.25) is 14.5 Å². The molecule has 0 saturated heterocycles. The Balaban J connectivity index is 1.42. The van der Waals surface area contributed by atoms with Crippen LogP contribution in [0.15, 0.2) is 67.3 Å². The van der Waals surface area contributed by atoms with Crippen LogP contribution in [0.3, 0.4) is 0 Å². The van der Waals surface area contributed by atoms with Gasteiger partial charge in [-0.05, 0) is 42.8 Å². The molecule has 0 aliphatic carbocycles. The summed E-state index contributed by atoms with van der Waals surface area (Å²) >= 11 is 0. The minimum absolute atomic E-state index is 0.122. The Labute approximate surface area is 200 Å². The summed E-state index contributed by atoms with van der Waals surface area (Å²) in [4.78, 5) is 22.5. The Morgan fingerprint density at radius 2 is 1.71 bits per heavy atom. The molecule has 3 heterocycles. The number of alkyl halides is 3. The number of aryl methyl sites for hydroxylation is 1. The van der Waals surface area contributed by atoms with Crippen LogP contribution < -0.4 is 10.2 Å². The van der Waals surface area contributed by atoms with Crippen LogP contribution in [0.25, 0.3) is 22.3 Å². The lowest BCUT2D eigenvalue weighted by Gasteiger charge is -2.12. The summed E-state index contributed by atoms with van der Waals surface area (Å²) in [6.45, 7) is 1.54. The van der Waals surface area contributed by atoms with Gasteiger partial charge in [0.05, 0.1) is 11.3 Å². The summed E-state index contributed by atoms with van der Waals surface area (Å²) < 4.78 is 40.4. The predicted octanol–water partition coefficient (Wildman–Crippen LogP) is 5.04. The van der Waals surface area contributed by atoms with Crippen LogP contribution in [0, 0.1) is 6.92 Å². The van der Waals surface area contributed by atoms with Crippen molar-refractivity contribution in [3.8, 4) is 22.3 Å². The van der Waals surface area contributed by atoms with Crippen LogP contribution in [0.2, 0.25) is 0 Å². The lowest BCUT2D eigenvalue weighted by Crippen LogP contribution is -2.19. The molecule has 0 bridgehead atoms. The number of hydrogen-bond acceptors (Lipinski definition) is 5. The molecule has 10 heteroatoms. The quantitative estimate of drug-likeness (QED) is 0.419. The van der Waals surface area contributed by atoms with Gasteiger partial charge in [0.2, 0.25) is 5.91 Å². The Hall–Kier alpha value is -4.21. The molecule has 180 valence electrons. The lowest BCUT2D eigenvalue weighted by atomic mass is 10.1. The second kappa shape index (κ2) is 9.57. The fraction of sp³-hybridized carbons (Fsp3) is 0.200. The van der Waals surface area contributed by atoms with Gasteiger partial charge in [-0.25, -0.2) is 4.98 Å². The highest BCUT2D eigenvalue weighted by Gasteiger charge is 2.31. The molecule has 0 aliphatic rings. The number of halogens is 3. The molecule has 0 saturated carbocycles. The van der Waals surface area contributed by atoms with E-state index in [9.17, 15) is 18.0 Å². The summed E-state index contributed by atoms with van der Waals surface area (Å²) in [7, 11) is 3.95. The molecule has 3 aromatic heterocycles. The Kier molecular flexibility index (Phi) is 6.54. The third-order valence-electron chi connectivity index (χ3n) is 5.38. The Morgan fingerprint density at radius 3 is 2.34 bits per heavy atom. The lowest BCUT2D eigenvalue weighted by molar-refractivity contribution is -0.137. The average molecular weight is 480 g/mol. The zero-order valence-corrected chi connectivity index (χ0v) is 19.3. The van der Waals surface area contributed by atoms with Crippen LogP contribution in [0.4, 0.5) is 24.7 Å². The molecule has 0 fully saturated rings. The van der Waals surface area contributed by atoms with Crippen molar-refractivity contribution in [2.24, 2.45) is 0 Å². The molecule has 0 unspecified atom stereocenters. The molecule has 0 aliphatic heterocycles. The van der Waals surface area contributed by atoms with E-state index in [-0.39, 0.29) is 18.0 Å². The number of pyridine rings is 2. The van der Waals surface area contributed by atoms with Gasteiger partial charge in [-0.15, -0.1) is 0 Å². The zero-order chi connectivity index (χ0) is 25.2. The van der Waals surface area contributed by atoms with E-state index >= 15 is 0 Å². The molecular weight excluding hydrogens is 457 g/mol. The molecule has 1 N–H and O–H groups in total. The number of anilines is 2. The molecular formula is C25H23F3N6O. The molecule has 1 aromatic carbocycles. The van der Waals surface area contributed by atoms with Gasteiger partial charge in [-0.1, -0.05) is 12.1 Å². The zero-order valence-electron chi connectivity index (χ0n) is 19.3. The first-order chi connectivity index (χ1) is 16.6. The number of nitrogens with zero attached hydrogens (tertiary/aromatic N) is 5. The molecule has 0 atom stereocenters. The van der Waals surface area contributed by atoms with Crippen LogP contribution >= 0.6 is 0 Å². The Morgan fingerprint density at radius 1 is 1.00 bits per heavy atom. The van der Waals surface area contributed by atoms with E-state index in [0.717, 1.165) is 29.1 Å². The molecule has 4 aromatic rings. The van der Waals surface area contributed by atoms with E-state index in [1.54, 1.807) is 19.2 Å². The van der Waals surface area contributed by atoms with Crippen molar-refractivity contribution < 1.29 is 18.0 Å². The van der Waals surface area contributed by atoms with Crippen molar-refractivity contribution in [3.05, 3.63) is 78.5 Å². The van der Waals surface area contributed by atoms with Gasteiger partial charge >= 0.3 is 6.18 Å². The molecule has 0 spiro atoms. The maximum absolute atomic E-state index is 13.0. The van der Waals surface area contributed by atoms with E-state index < -0.39 is 11.7 Å². The summed E-state index contributed by atoms with van der Waals surface area (Å²) in [6, 6.07) is 12.6. The first-order valence-electron chi connectivity index (χ1n) is 10.7. The highest BCUT2D eigenvalue weighted by atomic mass is 19.4. The number of hydrogen-bond donors (Lipinski definition) is 1. The van der Waals surface area contributed by atoms with Crippen molar-refractivity contribution in [2.75, 3.05) is 24.3 Å². The molecule has 1 amide bonds. The number of rotatable bonds is 6. The highest BCUT2D eigenvalue weighted by Crippen LogP contribution is 2.32. The summed E-state index contributed by atoms with van der Waals surface area (Å²) in [5, 5.41) is 6.97. The van der Waals surface area contributed by atoms with Crippen LogP contribution in [0.1, 0.15) is 11.3 Å². The van der Waals surface area contributed by atoms with E-state index in [2.05, 4.69) is 20.4 Å². The van der Waals surface area contributed by atoms with Gasteiger partial charge in [0.15, 0.2) is 0 Å². The van der Waals surface area contributed by atoms with Gasteiger partial charge < -0.3 is 10.2 Å². The molecule has 35 heavy (non-hydrogen) atoms. The van der Waals surface area contributed by atoms with Crippen molar-refractivity contribution >= 4 is 17.4 Å². The predicted molar refractivity (Wildman–Crippen MR) is 128 cm³/mol. The summed E-state index contributed by atoms with van der Waals surface area (Å²) in [5.74, 6) is 0.0200. The maximum Gasteiger partial charge on any atom is 0.417 e. The second-order valence-corrected chi connectivity index (χ2v) is 8.21. The van der Waals surface area contributed by atoms with Gasteiger partial charge in [0.25, 0.3) is 0 Å². The average Bonchev–Trinajstić information content (AvgIpc) is 3.18. The first kappa shape index (κ1) is 23.9. The fourth-order valence-corrected chi connectivity index (χ4v) is 3.54. The van der Waals surface area contributed by atoms with Crippen molar-refractivity contribution in [2.45, 2.75) is 19.6 Å². The smallest absolute Gasteiger partial charge is 0.378 e. The number of carbonyl (C=O) groups excluding carboxylic acids is 1. The minimum Gasteiger partial charge on any atom is -0.378 e. The van der Waals surface area contributed by atoms with E-state index in [4.69, 9.17) is 0 Å².